The van der Waals surface area contributed by atoms with E-state index in [2.05, 4.69) is 9.82 Å². The lowest BCUT2D eigenvalue weighted by Gasteiger charge is -2.11. The van der Waals surface area contributed by atoms with Gasteiger partial charge in [0.05, 0.1) is 33.2 Å². The number of aromatic nitrogens is 1. The molecule has 0 amide bonds. The molecule has 78 valence electrons. The molecule has 0 aromatic carbocycles. The number of ether oxygens (including phenoxy) is 2. The van der Waals surface area contributed by atoms with Crippen molar-refractivity contribution in [3.05, 3.63) is 18.0 Å². The third-order valence-electron chi connectivity index (χ3n) is 1.89. The van der Waals surface area contributed by atoms with E-state index in [0.717, 1.165) is 5.56 Å². The van der Waals surface area contributed by atoms with E-state index in [9.17, 15) is 0 Å². The second kappa shape index (κ2) is 5.41. The maximum absolute atomic E-state index is 5.15. The molecule has 1 rings (SSSR count). The Balaban J connectivity index is 2.93. The summed E-state index contributed by atoms with van der Waals surface area (Å²) in [5, 5.41) is 0. The van der Waals surface area contributed by atoms with Crippen LogP contribution >= 0.6 is 0 Å². The average molecular weight is 198 g/mol. The van der Waals surface area contributed by atoms with Crippen LogP contribution in [0, 0.1) is 0 Å². The quantitative estimate of drug-likeness (QED) is 0.699. The first-order valence-corrected chi connectivity index (χ1v) is 4.20. The molecule has 0 atom stereocenters. The maximum atomic E-state index is 5.15. The van der Waals surface area contributed by atoms with Crippen molar-refractivity contribution >= 4 is 0 Å². The van der Waals surface area contributed by atoms with Gasteiger partial charge in [-0.1, -0.05) is 0 Å². The largest absolute Gasteiger partial charge is 0.495 e. The fourth-order valence-corrected chi connectivity index (χ4v) is 1.21. The minimum absolute atomic E-state index is 0.413. The van der Waals surface area contributed by atoms with Crippen LogP contribution in [0.3, 0.4) is 0 Å². The summed E-state index contributed by atoms with van der Waals surface area (Å²) in [6.45, 7) is 0.413. The summed E-state index contributed by atoms with van der Waals surface area (Å²) in [5.74, 6) is 6.33. The van der Waals surface area contributed by atoms with E-state index in [4.69, 9.17) is 15.4 Å². The Hall–Kier alpha value is -1.33. The van der Waals surface area contributed by atoms with Gasteiger partial charge in [0, 0.05) is 12.0 Å². The summed E-state index contributed by atoms with van der Waals surface area (Å²) in [6, 6.07) is 0. The lowest BCUT2D eigenvalue weighted by Crippen LogP contribution is -2.06. The van der Waals surface area contributed by atoms with Crippen molar-refractivity contribution in [2.24, 2.45) is 5.90 Å². The predicted molar refractivity (Wildman–Crippen MR) is 51.2 cm³/mol. The highest BCUT2D eigenvalue weighted by Gasteiger charge is 2.09. The molecule has 0 spiro atoms. The molecule has 0 unspecified atom stereocenters. The van der Waals surface area contributed by atoms with Crippen LogP contribution in [0.15, 0.2) is 12.4 Å². The second-order valence-corrected chi connectivity index (χ2v) is 2.64. The van der Waals surface area contributed by atoms with E-state index in [1.54, 1.807) is 26.6 Å². The predicted octanol–water partition coefficient (Wildman–Crippen LogP) is 0.532. The maximum Gasteiger partial charge on any atom is 0.144 e. The summed E-state index contributed by atoms with van der Waals surface area (Å²) in [5.41, 5.74) is 0.912. The molecule has 0 aliphatic carbocycles. The number of hydrogen-bond donors (Lipinski definition) is 1. The Morgan fingerprint density at radius 1 is 1.21 bits per heavy atom. The molecule has 14 heavy (non-hydrogen) atoms. The zero-order chi connectivity index (χ0) is 10.4. The van der Waals surface area contributed by atoms with Crippen LogP contribution in [0.4, 0.5) is 0 Å². The number of nitrogens with two attached hydrogens (primary N) is 1. The molecule has 0 aliphatic heterocycles. The molecule has 5 nitrogen and oxygen atoms in total. The fourth-order valence-electron chi connectivity index (χ4n) is 1.21. The Morgan fingerprint density at radius 2 is 1.79 bits per heavy atom. The van der Waals surface area contributed by atoms with Crippen molar-refractivity contribution < 1.29 is 14.3 Å². The van der Waals surface area contributed by atoms with Gasteiger partial charge in [-0.25, -0.2) is 5.90 Å². The molecule has 0 aliphatic rings. The Morgan fingerprint density at radius 3 is 2.21 bits per heavy atom. The standard InChI is InChI=1S/C9H14N2O3/c1-12-8-5-11-6-9(13-2)7(8)3-4-14-10/h5-6H,3-4,10H2,1-2H3. The Bertz CT molecular complexity index is 269. The molecule has 2 N–H and O–H groups in total. The first-order chi connectivity index (χ1) is 6.83. The minimum atomic E-state index is 0.413. The van der Waals surface area contributed by atoms with Crippen LogP contribution in [0.5, 0.6) is 11.5 Å². The van der Waals surface area contributed by atoms with Gasteiger partial charge in [0.15, 0.2) is 0 Å². The number of methoxy groups -OCH3 is 2. The smallest absolute Gasteiger partial charge is 0.144 e. The highest BCUT2D eigenvalue weighted by molar-refractivity contribution is 5.41. The van der Waals surface area contributed by atoms with Gasteiger partial charge in [0.25, 0.3) is 0 Å². The first kappa shape index (κ1) is 10.7. The van der Waals surface area contributed by atoms with Crippen molar-refractivity contribution in [3.63, 3.8) is 0 Å². The van der Waals surface area contributed by atoms with E-state index < -0.39 is 0 Å². The van der Waals surface area contributed by atoms with Gasteiger partial charge in [-0.3, -0.25) is 4.98 Å². The van der Waals surface area contributed by atoms with E-state index in [1.807, 2.05) is 0 Å². The number of hydrogen-bond acceptors (Lipinski definition) is 5. The van der Waals surface area contributed by atoms with Crippen LogP contribution in [-0.2, 0) is 11.3 Å². The minimum Gasteiger partial charge on any atom is -0.495 e. The highest BCUT2D eigenvalue weighted by Crippen LogP contribution is 2.26. The van der Waals surface area contributed by atoms with Crippen molar-refractivity contribution in [1.29, 1.82) is 0 Å². The molecule has 1 heterocycles. The molecule has 5 heteroatoms. The zero-order valence-electron chi connectivity index (χ0n) is 8.32. The lowest BCUT2D eigenvalue weighted by molar-refractivity contribution is 0.140. The van der Waals surface area contributed by atoms with E-state index in [1.165, 1.54) is 0 Å². The Labute approximate surface area is 82.7 Å². The normalized spacial score (nSPS) is 9.93. The summed E-state index contributed by atoms with van der Waals surface area (Å²) in [4.78, 5) is 8.49. The highest BCUT2D eigenvalue weighted by atomic mass is 16.6. The molecule has 0 radical (unpaired) electrons. The molecule has 1 aromatic rings. The summed E-state index contributed by atoms with van der Waals surface area (Å²) < 4.78 is 10.3. The third kappa shape index (κ3) is 2.34. The fraction of sp³-hybridized carbons (Fsp3) is 0.444. The average Bonchev–Trinajstić information content (AvgIpc) is 2.25. The van der Waals surface area contributed by atoms with Crippen LogP contribution in [0.2, 0.25) is 0 Å². The molecule has 0 fully saturated rings. The second-order valence-electron chi connectivity index (χ2n) is 2.64. The van der Waals surface area contributed by atoms with Crippen LogP contribution in [0.25, 0.3) is 0 Å². The van der Waals surface area contributed by atoms with Crippen molar-refractivity contribution in [3.8, 4) is 11.5 Å². The number of rotatable bonds is 5. The Kier molecular flexibility index (Phi) is 4.15. The van der Waals surface area contributed by atoms with Crippen molar-refractivity contribution in [2.45, 2.75) is 6.42 Å². The molecule has 1 aromatic heterocycles. The van der Waals surface area contributed by atoms with Crippen LogP contribution in [0.1, 0.15) is 5.56 Å². The topological polar surface area (TPSA) is 66.6 Å². The van der Waals surface area contributed by atoms with Crippen molar-refractivity contribution in [1.82, 2.24) is 4.98 Å². The number of pyridine rings is 1. The zero-order valence-corrected chi connectivity index (χ0v) is 8.32. The van der Waals surface area contributed by atoms with Gasteiger partial charge in [-0.15, -0.1) is 0 Å². The number of nitrogens with zero attached hydrogens (tertiary/aromatic N) is 1. The first-order valence-electron chi connectivity index (χ1n) is 4.20. The van der Waals surface area contributed by atoms with Crippen LogP contribution in [-0.4, -0.2) is 25.8 Å². The van der Waals surface area contributed by atoms with Gasteiger partial charge >= 0.3 is 0 Å². The molecule has 0 saturated carbocycles. The lowest BCUT2D eigenvalue weighted by atomic mass is 10.1. The summed E-state index contributed by atoms with van der Waals surface area (Å²) >= 11 is 0. The van der Waals surface area contributed by atoms with Crippen LogP contribution < -0.4 is 15.4 Å². The van der Waals surface area contributed by atoms with Gasteiger partial charge in [0.1, 0.15) is 11.5 Å². The molecular weight excluding hydrogens is 184 g/mol. The molecule has 0 saturated heterocycles. The third-order valence-corrected chi connectivity index (χ3v) is 1.89. The molecular formula is C9H14N2O3. The van der Waals surface area contributed by atoms with Gasteiger partial charge in [-0.05, 0) is 0 Å². The monoisotopic (exact) mass is 198 g/mol. The van der Waals surface area contributed by atoms with E-state index >= 15 is 0 Å². The summed E-state index contributed by atoms with van der Waals surface area (Å²) in [7, 11) is 3.17. The van der Waals surface area contributed by atoms with Crippen molar-refractivity contribution in [2.75, 3.05) is 20.8 Å². The van der Waals surface area contributed by atoms with E-state index in [-0.39, 0.29) is 0 Å². The van der Waals surface area contributed by atoms with Gasteiger partial charge in [0.2, 0.25) is 0 Å². The van der Waals surface area contributed by atoms with E-state index in [0.29, 0.717) is 24.5 Å². The van der Waals surface area contributed by atoms with Gasteiger partial charge in [-0.2, -0.15) is 0 Å². The summed E-state index contributed by atoms with van der Waals surface area (Å²) in [6.07, 6.45) is 3.90. The molecule has 0 bridgehead atoms. The van der Waals surface area contributed by atoms with Gasteiger partial charge < -0.3 is 14.3 Å². The SMILES string of the molecule is COc1cncc(OC)c1CCON.